The summed E-state index contributed by atoms with van der Waals surface area (Å²) >= 11 is 0. The van der Waals surface area contributed by atoms with Crippen molar-refractivity contribution in [3.8, 4) is 0 Å². The standard InChI is InChI=1S/C20H22N6O2/c1-14(27)22-9-11-26-19-17(5-3-8-23-19)18(24-26)16-6-10-25(13-16)20(28)15-4-2-7-21-12-15/h2-5,7-8,12,16H,6,9-11,13H2,1H3,(H,22,27). The van der Waals surface area contributed by atoms with E-state index in [9.17, 15) is 9.59 Å². The summed E-state index contributed by atoms with van der Waals surface area (Å²) in [6.45, 7) is 3.87. The predicted octanol–water partition coefficient (Wildman–Crippen LogP) is 1.59. The second-order valence-electron chi connectivity index (χ2n) is 6.94. The molecule has 28 heavy (non-hydrogen) atoms. The minimum absolute atomic E-state index is 0.00289. The monoisotopic (exact) mass is 378 g/mol. The lowest BCUT2D eigenvalue weighted by atomic mass is 10.0. The van der Waals surface area contributed by atoms with Crippen molar-refractivity contribution in [1.82, 2.24) is 30.0 Å². The van der Waals surface area contributed by atoms with Gasteiger partial charge >= 0.3 is 0 Å². The van der Waals surface area contributed by atoms with Gasteiger partial charge in [0.2, 0.25) is 5.91 Å². The topological polar surface area (TPSA) is 93.0 Å². The summed E-state index contributed by atoms with van der Waals surface area (Å²) in [7, 11) is 0. The Balaban J connectivity index is 1.54. The van der Waals surface area contributed by atoms with Gasteiger partial charge in [0.1, 0.15) is 0 Å². The summed E-state index contributed by atoms with van der Waals surface area (Å²) in [5.41, 5.74) is 2.38. The van der Waals surface area contributed by atoms with Gasteiger partial charge in [0.25, 0.3) is 5.91 Å². The normalized spacial score (nSPS) is 16.5. The molecule has 0 saturated carbocycles. The van der Waals surface area contributed by atoms with Crippen LogP contribution in [0.4, 0.5) is 0 Å². The molecule has 0 aliphatic carbocycles. The fraction of sp³-hybridized carbons (Fsp3) is 0.350. The molecule has 1 unspecified atom stereocenters. The molecule has 1 saturated heterocycles. The van der Waals surface area contributed by atoms with Crippen molar-refractivity contribution in [2.45, 2.75) is 25.8 Å². The van der Waals surface area contributed by atoms with Crippen molar-refractivity contribution in [2.24, 2.45) is 0 Å². The third kappa shape index (κ3) is 3.58. The highest BCUT2D eigenvalue weighted by Gasteiger charge is 2.31. The fourth-order valence-corrected chi connectivity index (χ4v) is 3.67. The van der Waals surface area contributed by atoms with E-state index in [2.05, 4.69) is 15.3 Å². The van der Waals surface area contributed by atoms with E-state index in [-0.39, 0.29) is 17.7 Å². The van der Waals surface area contributed by atoms with Crippen LogP contribution in [-0.2, 0) is 11.3 Å². The second kappa shape index (κ2) is 7.75. The molecule has 1 aliphatic rings. The Hall–Kier alpha value is -3.29. The van der Waals surface area contributed by atoms with Crippen molar-refractivity contribution in [2.75, 3.05) is 19.6 Å². The third-order valence-corrected chi connectivity index (χ3v) is 5.00. The number of carbonyl (C=O) groups excluding carboxylic acids is 2. The van der Waals surface area contributed by atoms with E-state index in [1.165, 1.54) is 6.92 Å². The molecule has 0 spiro atoms. The van der Waals surface area contributed by atoms with Gasteiger partial charge in [-0.1, -0.05) is 0 Å². The van der Waals surface area contributed by atoms with Gasteiger partial charge in [-0.15, -0.1) is 0 Å². The first-order valence-electron chi connectivity index (χ1n) is 9.38. The van der Waals surface area contributed by atoms with Gasteiger partial charge in [0.05, 0.1) is 17.8 Å². The summed E-state index contributed by atoms with van der Waals surface area (Å²) in [6, 6.07) is 7.49. The maximum atomic E-state index is 12.7. The fourth-order valence-electron chi connectivity index (χ4n) is 3.67. The largest absolute Gasteiger partial charge is 0.354 e. The average Bonchev–Trinajstić information content (AvgIpc) is 3.33. The minimum Gasteiger partial charge on any atom is -0.354 e. The molecule has 3 aromatic heterocycles. The van der Waals surface area contributed by atoms with Gasteiger partial charge in [-0.25, -0.2) is 9.67 Å². The Morgan fingerprint density at radius 2 is 2.11 bits per heavy atom. The molecule has 144 valence electrons. The number of likely N-dealkylation sites (tertiary alicyclic amines) is 1. The van der Waals surface area contributed by atoms with Gasteiger partial charge in [0.15, 0.2) is 5.65 Å². The molecule has 0 radical (unpaired) electrons. The molecule has 2 amide bonds. The van der Waals surface area contributed by atoms with Crippen LogP contribution >= 0.6 is 0 Å². The molecule has 3 aromatic rings. The Morgan fingerprint density at radius 3 is 2.89 bits per heavy atom. The van der Waals surface area contributed by atoms with Crippen LogP contribution < -0.4 is 5.32 Å². The number of amides is 2. The highest BCUT2D eigenvalue weighted by atomic mass is 16.2. The van der Waals surface area contributed by atoms with E-state index in [1.807, 2.05) is 21.7 Å². The number of aromatic nitrogens is 4. The lowest BCUT2D eigenvalue weighted by Crippen LogP contribution is -2.28. The van der Waals surface area contributed by atoms with E-state index < -0.39 is 0 Å². The Labute approximate surface area is 162 Å². The summed E-state index contributed by atoms with van der Waals surface area (Å²) in [5.74, 6) is 0.0995. The Morgan fingerprint density at radius 1 is 1.25 bits per heavy atom. The smallest absolute Gasteiger partial charge is 0.255 e. The number of nitrogens with zero attached hydrogens (tertiary/aromatic N) is 5. The van der Waals surface area contributed by atoms with E-state index in [0.29, 0.717) is 31.7 Å². The first-order chi connectivity index (χ1) is 13.6. The molecule has 4 heterocycles. The highest BCUT2D eigenvalue weighted by Crippen LogP contribution is 2.31. The van der Waals surface area contributed by atoms with Crippen LogP contribution in [-0.4, -0.2) is 56.1 Å². The summed E-state index contributed by atoms with van der Waals surface area (Å²) < 4.78 is 1.84. The zero-order chi connectivity index (χ0) is 19.5. The van der Waals surface area contributed by atoms with Crippen LogP contribution in [0.1, 0.15) is 35.3 Å². The number of hydrogen-bond acceptors (Lipinski definition) is 5. The zero-order valence-corrected chi connectivity index (χ0v) is 15.7. The van der Waals surface area contributed by atoms with Crippen LogP contribution in [0.5, 0.6) is 0 Å². The van der Waals surface area contributed by atoms with Crippen molar-refractivity contribution in [3.05, 3.63) is 54.1 Å². The first-order valence-corrected chi connectivity index (χ1v) is 9.38. The SMILES string of the molecule is CC(=O)NCCn1nc(C2CCN(C(=O)c3cccnc3)C2)c2cccnc21. The van der Waals surface area contributed by atoms with Crippen molar-refractivity contribution in [3.63, 3.8) is 0 Å². The lowest BCUT2D eigenvalue weighted by molar-refractivity contribution is -0.118. The van der Waals surface area contributed by atoms with Crippen molar-refractivity contribution in [1.29, 1.82) is 0 Å². The predicted molar refractivity (Wildman–Crippen MR) is 104 cm³/mol. The molecule has 1 fully saturated rings. The summed E-state index contributed by atoms with van der Waals surface area (Å²) in [6.07, 6.45) is 5.87. The molecular formula is C20H22N6O2. The Kier molecular flexibility index (Phi) is 5.01. The van der Waals surface area contributed by atoms with Gasteiger partial charge in [-0.2, -0.15) is 5.10 Å². The molecule has 4 rings (SSSR count). The van der Waals surface area contributed by atoms with E-state index in [0.717, 1.165) is 23.1 Å². The van der Waals surface area contributed by atoms with Gasteiger partial charge in [0, 0.05) is 56.5 Å². The van der Waals surface area contributed by atoms with E-state index in [4.69, 9.17) is 5.10 Å². The van der Waals surface area contributed by atoms with Crippen LogP contribution in [0.15, 0.2) is 42.9 Å². The molecule has 1 atom stereocenters. The van der Waals surface area contributed by atoms with E-state index >= 15 is 0 Å². The number of pyridine rings is 2. The highest BCUT2D eigenvalue weighted by molar-refractivity contribution is 5.94. The van der Waals surface area contributed by atoms with Gasteiger partial charge in [-0.05, 0) is 30.7 Å². The molecule has 0 aromatic carbocycles. The van der Waals surface area contributed by atoms with Crippen molar-refractivity contribution >= 4 is 22.8 Å². The molecule has 8 heteroatoms. The lowest BCUT2D eigenvalue weighted by Gasteiger charge is -2.16. The third-order valence-electron chi connectivity index (χ3n) is 5.00. The quantitative estimate of drug-likeness (QED) is 0.728. The molecule has 1 N–H and O–H groups in total. The molecule has 0 bridgehead atoms. The molecule has 1 aliphatic heterocycles. The number of rotatable bonds is 5. The van der Waals surface area contributed by atoms with Crippen LogP contribution in [0.25, 0.3) is 11.0 Å². The molecule has 8 nitrogen and oxygen atoms in total. The van der Waals surface area contributed by atoms with Crippen molar-refractivity contribution < 1.29 is 9.59 Å². The average molecular weight is 378 g/mol. The summed E-state index contributed by atoms with van der Waals surface area (Å²) in [4.78, 5) is 34.2. The first kappa shape index (κ1) is 18.1. The number of hydrogen-bond donors (Lipinski definition) is 1. The number of fused-ring (bicyclic) bond motifs is 1. The van der Waals surface area contributed by atoms with Crippen LogP contribution in [0.2, 0.25) is 0 Å². The van der Waals surface area contributed by atoms with Gasteiger partial charge in [-0.3, -0.25) is 14.6 Å². The maximum absolute atomic E-state index is 12.7. The number of carbonyl (C=O) groups is 2. The number of nitrogens with one attached hydrogen (secondary N) is 1. The van der Waals surface area contributed by atoms with Crippen LogP contribution in [0.3, 0.4) is 0 Å². The van der Waals surface area contributed by atoms with E-state index in [1.54, 1.807) is 30.7 Å². The summed E-state index contributed by atoms with van der Waals surface area (Å²) in [5, 5.41) is 8.58. The second-order valence-corrected chi connectivity index (χ2v) is 6.94. The zero-order valence-electron chi connectivity index (χ0n) is 15.7. The molecular weight excluding hydrogens is 356 g/mol. The maximum Gasteiger partial charge on any atom is 0.255 e. The van der Waals surface area contributed by atoms with Gasteiger partial charge < -0.3 is 10.2 Å². The minimum atomic E-state index is -0.0648. The van der Waals surface area contributed by atoms with Crippen LogP contribution in [0, 0.1) is 0 Å². The Bertz CT molecular complexity index is 1000.